The van der Waals surface area contributed by atoms with Crippen molar-refractivity contribution in [1.82, 2.24) is 29.8 Å². The van der Waals surface area contributed by atoms with E-state index in [2.05, 4.69) is 52.0 Å². The Bertz CT molecular complexity index is 1320. The van der Waals surface area contributed by atoms with E-state index in [4.69, 9.17) is 15.4 Å². The van der Waals surface area contributed by atoms with Crippen molar-refractivity contribution >= 4 is 28.9 Å². The second-order valence-corrected chi connectivity index (χ2v) is 11.2. The van der Waals surface area contributed by atoms with E-state index in [-0.39, 0.29) is 17.7 Å². The Morgan fingerprint density at radius 3 is 2.53 bits per heavy atom. The van der Waals surface area contributed by atoms with Crippen LogP contribution in [0.15, 0.2) is 18.3 Å². The number of fused-ring (bicyclic) bond motifs is 1. The van der Waals surface area contributed by atoms with Crippen LogP contribution in [0.4, 0.5) is 10.6 Å². The molecular formula is C28H38N8O2. The third-order valence-electron chi connectivity index (χ3n) is 8.13. The minimum atomic E-state index is -1.32. The Morgan fingerprint density at radius 2 is 1.87 bits per heavy atom. The molecule has 4 N–H and O–H groups in total. The molecule has 0 aromatic carbocycles. The lowest BCUT2D eigenvalue weighted by atomic mass is 9.80. The fourth-order valence-electron chi connectivity index (χ4n) is 5.61. The van der Waals surface area contributed by atoms with Gasteiger partial charge in [-0.3, -0.25) is 15.7 Å². The molecule has 0 aliphatic heterocycles. The van der Waals surface area contributed by atoms with E-state index < -0.39 is 6.09 Å². The van der Waals surface area contributed by atoms with Gasteiger partial charge < -0.3 is 15.0 Å². The maximum atomic E-state index is 11.2. The number of amides is 1. The first-order valence-corrected chi connectivity index (χ1v) is 13.9. The van der Waals surface area contributed by atoms with Crippen LogP contribution < -0.4 is 10.6 Å². The van der Waals surface area contributed by atoms with Crippen molar-refractivity contribution in [2.45, 2.75) is 90.6 Å². The highest BCUT2D eigenvalue weighted by Crippen LogP contribution is 2.35. The number of hydrogen-bond acceptors (Lipinski definition) is 7. The number of nitrogens with zero attached hydrogens (tertiary/aromatic N) is 5. The zero-order valence-corrected chi connectivity index (χ0v) is 22.5. The van der Waals surface area contributed by atoms with Gasteiger partial charge in [0.05, 0.1) is 0 Å². The Labute approximate surface area is 223 Å². The number of carboxylic acid groups (broad SMARTS) is 1. The van der Waals surface area contributed by atoms with Crippen LogP contribution in [0.25, 0.3) is 22.7 Å². The van der Waals surface area contributed by atoms with Gasteiger partial charge in [-0.1, -0.05) is 39.5 Å². The third-order valence-corrected chi connectivity index (χ3v) is 8.13. The SMILES string of the molecule is CC(C)c1ccnc(-c2nc3nc(C(=N)NC(=O)O)nc(N[C@H](C)C4CCC4)c3n2CC2CCCCC2)c1. The monoisotopic (exact) mass is 518 g/mol. The fraction of sp³-hybridized carbons (Fsp3) is 0.571. The number of aromatic nitrogens is 5. The standard InChI is InChI=1S/C28H38N8O2/c1-16(2)20-12-13-30-21(14-20)27-35-25-22(36(27)15-18-8-5-4-6-9-18)24(31-17(3)19-10-7-11-19)33-26(34-25)23(29)32-28(37)38/h12-14,16-19H,4-11,15H2,1-3H3,(H2,29,32)(H,37,38)(H,31,33,34)/t17-/m1/s1. The molecule has 0 unspecified atom stereocenters. The predicted octanol–water partition coefficient (Wildman–Crippen LogP) is 5.79. The molecule has 2 aliphatic carbocycles. The number of amidine groups is 1. The van der Waals surface area contributed by atoms with Gasteiger partial charge in [0.2, 0.25) is 0 Å². The molecule has 0 spiro atoms. The van der Waals surface area contributed by atoms with E-state index in [1.54, 1.807) is 0 Å². The molecule has 3 aromatic rings. The van der Waals surface area contributed by atoms with Crippen molar-refractivity contribution in [2.24, 2.45) is 11.8 Å². The van der Waals surface area contributed by atoms with Gasteiger partial charge in [0, 0.05) is 18.8 Å². The van der Waals surface area contributed by atoms with Crippen LogP contribution in [0.2, 0.25) is 0 Å². The quantitative estimate of drug-likeness (QED) is 0.218. The lowest BCUT2D eigenvalue weighted by molar-refractivity contribution is 0.200. The van der Waals surface area contributed by atoms with Crippen LogP contribution in [0.1, 0.15) is 89.4 Å². The van der Waals surface area contributed by atoms with Crippen LogP contribution in [0.5, 0.6) is 0 Å². The number of pyridine rings is 1. The van der Waals surface area contributed by atoms with Gasteiger partial charge in [-0.05, 0) is 68.1 Å². The van der Waals surface area contributed by atoms with Crippen LogP contribution in [0.3, 0.4) is 0 Å². The van der Waals surface area contributed by atoms with E-state index in [1.807, 2.05) is 12.3 Å². The van der Waals surface area contributed by atoms with Gasteiger partial charge in [0.25, 0.3) is 0 Å². The molecule has 38 heavy (non-hydrogen) atoms. The van der Waals surface area contributed by atoms with Crippen molar-refractivity contribution in [3.63, 3.8) is 0 Å². The molecule has 2 fully saturated rings. The van der Waals surface area contributed by atoms with Crippen LogP contribution in [-0.2, 0) is 6.54 Å². The predicted molar refractivity (Wildman–Crippen MR) is 148 cm³/mol. The molecule has 202 valence electrons. The summed E-state index contributed by atoms with van der Waals surface area (Å²) in [4.78, 5) is 30.2. The van der Waals surface area contributed by atoms with E-state index in [0.717, 1.165) is 23.6 Å². The van der Waals surface area contributed by atoms with E-state index in [0.29, 0.717) is 29.2 Å². The first-order valence-electron chi connectivity index (χ1n) is 13.9. The summed E-state index contributed by atoms with van der Waals surface area (Å²) >= 11 is 0. The maximum absolute atomic E-state index is 11.2. The highest BCUT2D eigenvalue weighted by molar-refractivity contribution is 6.03. The normalized spacial score (nSPS) is 17.4. The lowest BCUT2D eigenvalue weighted by Gasteiger charge is -2.32. The Balaban J connectivity index is 1.67. The van der Waals surface area contributed by atoms with Crippen molar-refractivity contribution in [3.05, 3.63) is 29.7 Å². The van der Waals surface area contributed by atoms with Gasteiger partial charge in [-0.2, -0.15) is 0 Å². The van der Waals surface area contributed by atoms with Gasteiger partial charge in [-0.15, -0.1) is 0 Å². The minimum absolute atomic E-state index is 0.000895. The number of rotatable bonds is 8. The molecule has 1 amide bonds. The largest absolute Gasteiger partial charge is 0.465 e. The number of imidazole rings is 1. The molecule has 1 atom stereocenters. The van der Waals surface area contributed by atoms with Crippen LogP contribution >= 0.6 is 0 Å². The van der Waals surface area contributed by atoms with E-state index in [9.17, 15) is 9.90 Å². The number of anilines is 1. The molecule has 2 aliphatic rings. The molecule has 5 rings (SSSR count). The summed E-state index contributed by atoms with van der Waals surface area (Å²) in [7, 11) is 0. The summed E-state index contributed by atoms with van der Waals surface area (Å²) in [5.41, 5.74) is 3.20. The zero-order valence-electron chi connectivity index (χ0n) is 22.5. The van der Waals surface area contributed by atoms with Gasteiger partial charge in [-0.25, -0.2) is 19.7 Å². The molecular weight excluding hydrogens is 480 g/mol. The first-order chi connectivity index (χ1) is 18.3. The highest BCUT2D eigenvalue weighted by atomic mass is 16.4. The van der Waals surface area contributed by atoms with E-state index >= 15 is 0 Å². The Kier molecular flexibility index (Phi) is 7.58. The molecule has 0 saturated heterocycles. The maximum Gasteiger partial charge on any atom is 0.410 e. The van der Waals surface area contributed by atoms with Crippen molar-refractivity contribution < 1.29 is 9.90 Å². The number of nitrogens with one attached hydrogen (secondary N) is 3. The van der Waals surface area contributed by atoms with Gasteiger partial charge >= 0.3 is 6.09 Å². The van der Waals surface area contributed by atoms with E-state index in [1.165, 1.54) is 56.9 Å². The van der Waals surface area contributed by atoms with Crippen LogP contribution in [0, 0.1) is 17.2 Å². The minimum Gasteiger partial charge on any atom is -0.465 e. The van der Waals surface area contributed by atoms with Crippen molar-refractivity contribution in [2.75, 3.05) is 5.32 Å². The van der Waals surface area contributed by atoms with Crippen molar-refractivity contribution in [1.29, 1.82) is 5.41 Å². The summed E-state index contributed by atoms with van der Waals surface area (Å²) in [5.74, 6) is 2.38. The number of hydrogen-bond donors (Lipinski definition) is 4. The lowest BCUT2D eigenvalue weighted by Crippen LogP contribution is -2.33. The van der Waals surface area contributed by atoms with Crippen LogP contribution in [-0.4, -0.2) is 47.6 Å². The number of carbonyl (C=O) groups is 1. The average Bonchev–Trinajstić information content (AvgIpc) is 3.21. The Morgan fingerprint density at radius 1 is 1.11 bits per heavy atom. The summed E-state index contributed by atoms with van der Waals surface area (Å²) in [6.45, 7) is 7.27. The second kappa shape index (κ2) is 11.0. The Hall–Kier alpha value is -3.56. The summed E-state index contributed by atoms with van der Waals surface area (Å²) in [5, 5.41) is 23.1. The zero-order chi connectivity index (χ0) is 26.8. The molecule has 2 saturated carbocycles. The topological polar surface area (TPSA) is 142 Å². The second-order valence-electron chi connectivity index (χ2n) is 11.2. The first kappa shape index (κ1) is 26.1. The smallest absolute Gasteiger partial charge is 0.410 e. The summed E-state index contributed by atoms with van der Waals surface area (Å²) in [6.07, 6.45) is 10.2. The molecule has 0 radical (unpaired) electrons. The summed E-state index contributed by atoms with van der Waals surface area (Å²) in [6, 6.07) is 4.31. The third kappa shape index (κ3) is 5.49. The molecule has 10 nitrogen and oxygen atoms in total. The average molecular weight is 519 g/mol. The summed E-state index contributed by atoms with van der Waals surface area (Å²) < 4.78 is 2.21. The van der Waals surface area contributed by atoms with Gasteiger partial charge in [0.1, 0.15) is 11.2 Å². The van der Waals surface area contributed by atoms with Crippen molar-refractivity contribution in [3.8, 4) is 11.5 Å². The van der Waals surface area contributed by atoms with Gasteiger partial charge in [0.15, 0.2) is 28.9 Å². The highest BCUT2D eigenvalue weighted by Gasteiger charge is 2.28. The molecule has 3 heterocycles. The molecule has 0 bridgehead atoms. The molecule has 3 aromatic heterocycles. The fourth-order valence-corrected chi connectivity index (χ4v) is 5.61. The molecule has 10 heteroatoms.